The van der Waals surface area contributed by atoms with Crippen LogP contribution < -0.4 is 5.32 Å². The standard InChI is InChI=1S/C15H26N2S/c1-4-15(2,11-16-3)12-17(13-7-8-13)10-14-6-5-9-18-14/h5-6,9,13,16H,4,7-8,10-12H2,1-3H3. The van der Waals surface area contributed by atoms with Crippen LogP contribution >= 0.6 is 11.3 Å². The Morgan fingerprint density at radius 2 is 2.28 bits per heavy atom. The number of thiophene rings is 1. The predicted molar refractivity (Wildman–Crippen MR) is 80.1 cm³/mol. The Labute approximate surface area is 115 Å². The fraction of sp³-hybridized carbons (Fsp3) is 0.733. The Morgan fingerprint density at radius 3 is 2.78 bits per heavy atom. The van der Waals surface area contributed by atoms with Gasteiger partial charge in [-0.05, 0) is 43.2 Å². The fourth-order valence-electron chi connectivity index (χ4n) is 2.57. The van der Waals surface area contributed by atoms with Gasteiger partial charge in [-0.15, -0.1) is 11.3 Å². The summed E-state index contributed by atoms with van der Waals surface area (Å²) in [6, 6.07) is 5.27. The largest absolute Gasteiger partial charge is 0.319 e. The fourth-order valence-corrected chi connectivity index (χ4v) is 3.30. The van der Waals surface area contributed by atoms with Crippen molar-refractivity contribution in [1.82, 2.24) is 10.2 Å². The second-order valence-electron chi connectivity index (χ2n) is 5.91. The number of rotatable bonds is 8. The van der Waals surface area contributed by atoms with Crippen LogP contribution in [0.5, 0.6) is 0 Å². The lowest BCUT2D eigenvalue weighted by atomic mass is 9.86. The van der Waals surface area contributed by atoms with E-state index in [1.165, 1.54) is 30.7 Å². The molecule has 1 heterocycles. The lowest BCUT2D eigenvalue weighted by Gasteiger charge is -2.35. The van der Waals surface area contributed by atoms with Gasteiger partial charge in [0.05, 0.1) is 0 Å². The first kappa shape index (κ1) is 14.0. The molecule has 0 aromatic carbocycles. The average Bonchev–Trinajstić information content (AvgIpc) is 3.08. The monoisotopic (exact) mass is 266 g/mol. The lowest BCUT2D eigenvalue weighted by molar-refractivity contribution is 0.145. The first-order valence-electron chi connectivity index (χ1n) is 7.08. The van der Waals surface area contributed by atoms with Crippen molar-refractivity contribution in [1.29, 1.82) is 0 Å². The molecule has 1 N–H and O–H groups in total. The summed E-state index contributed by atoms with van der Waals surface area (Å²) in [6.07, 6.45) is 4.02. The molecule has 0 radical (unpaired) electrons. The van der Waals surface area contributed by atoms with Crippen LogP contribution in [0, 0.1) is 5.41 Å². The highest BCUT2D eigenvalue weighted by Gasteiger charge is 2.34. The molecule has 1 saturated carbocycles. The van der Waals surface area contributed by atoms with E-state index in [0.29, 0.717) is 5.41 Å². The van der Waals surface area contributed by atoms with Crippen molar-refractivity contribution in [2.75, 3.05) is 20.1 Å². The molecule has 1 fully saturated rings. The lowest BCUT2D eigenvalue weighted by Crippen LogP contribution is -2.41. The predicted octanol–water partition coefficient (Wildman–Crippen LogP) is 3.35. The molecule has 18 heavy (non-hydrogen) atoms. The van der Waals surface area contributed by atoms with E-state index < -0.39 is 0 Å². The molecule has 102 valence electrons. The number of nitrogens with zero attached hydrogens (tertiary/aromatic N) is 1. The Hall–Kier alpha value is -0.380. The molecule has 1 aliphatic carbocycles. The highest BCUT2D eigenvalue weighted by atomic mass is 32.1. The Kier molecular flexibility index (Phi) is 4.82. The van der Waals surface area contributed by atoms with Gasteiger partial charge in [-0.25, -0.2) is 0 Å². The van der Waals surface area contributed by atoms with Crippen molar-refractivity contribution in [2.24, 2.45) is 5.41 Å². The zero-order valence-electron chi connectivity index (χ0n) is 11.9. The highest BCUT2D eigenvalue weighted by Crippen LogP contribution is 2.33. The van der Waals surface area contributed by atoms with Crippen molar-refractivity contribution in [3.05, 3.63) is 22.4 Å². The van der Waals surface area contributed by atoms with Gasteiger partial charge in [0.1, 0.15) is 0 Å². The first-order chi connectivity index (χ1) is 8.67. The van der Waals surface area contributed by atoms with Gasteiger partial charge < -0.3 is 5.32 Å². The first-order valence-corrected chi connectivity index (χ1v) is 7.96. The van der Waals surface area contributed by atoms with E-state index in [0.717, 1.165) is 19.1 Å². The van der Waals surface area contributed by atoms with Crippen LogP contribution in [0.4, 0.5) is 0 Å². The van der Waals surface area contributed by atoms with Crippen molar-refractivity contribution in [3.63, 3.8) is 0 Å². The second-order valence-corrected chi connectivity index (χ2v) is 6.94. The number of hydrogen-bond acceptors (Lipinski definition) is 3. The smallest absolute Gasteiger partial charge is 0.0331 e. The van der Waals surface area contributed by atoms with Gasteiger partial charge >= 0.3 is 0 Å². The maximum absolute atomic E-state index is 3.36. The Bertz CT molecular complexity index is 345. The summed E-state index contributed by atoms with van der Waals surface area (Å²) < 4.78 is 0. The van der Waals surface area contributed by atoms with Crippen LogP contribution in [0.2, 0.25) is 0 Å². The molecule has 0 amide bonds. The Balaban J connectivity index is 1.97. The second kappa shape index (κ2) is 6.18. The molecule has 1 aliphatic rings. The molecular formula is C15H26N2S. The third-order valence-electron chi connectivity index (χ3n) is 4.04. The van der Waals surface area contributed by atoms with Gasteiger partial charge in [0.15, 0.2) is 0 Å². The van der Waals surface area contributed by atoms with E-state index in [4.69, 9.17) is 0 Å². The third-order valence-corrected chi connectivity index (χ3v) is 4.91. The van der Waals surface area contributed by atoms with Crippen LogP contribution in [0.25, 0.3) is 0 Å². The summed E-state index contributed by atoms with van der Waals surface area (Å²) in [4.78, 5) is 4.21. The average molecular weight is 266 g/mol. The minimum atomic E-state index is 0.397. The van der Waals surface area contributed by atoms with Crippen molar-refractivity contribution >= 4 is 11.3 Å². The van der Waals surface area contributed by atoms with Gasteiger partial charge in [0.2, 0.25) is 0 Å². The molecule has 0 aliphatic heterocycles. The molecule has 1 unspecified atom stereocenters. The normalized spacial score (nSPS) is 19.1. The van der Waals surface area contributed by atoms with Crippen LogP contribution in [0.1, 0.15) is 38.0 Å². The van der Waals surface area contributed by atoms with Crippen molar-refractivity contribution in [2.45, 2.75) is 45.7 Å². The molecule has 1 aromatic rings. The molecule has 0 saturated heterocycles. The number of hydrogen-bond donors (Lipinski definition) is 1. The SMILES string of the molecule is CCC(C)(CNC)CN(Cc1cccs1)C1CC1. The maximum Gasteiger partial charge on any atom is 0.0331 e. The van der Waals surface area contributed by atoms with E-state index in [1.807, 2.05) is 11.3 Å². The summed E-state index contributed by atoms with van der Waals surface area (Å²) in [5.41, 5.74) is 0.397. The molecule has 2 nitrogen and oxygen atoms in total. The minimum Gasteiger partial charge on any atom is -0.319 e. The molecule has 1 atom stereocenters. The summed E-state index contributed by atoms with van der Waals surface area (Å²) in [5, 5.41) is 5.55. The van der Waals surface area contributed by atoms with E-state index in [-0.39, 0.29) is 0 Å². The summed E-state index contributed by atoms with van der Waals surface area (Å²) >= 11 is 1.89. The highest BCUT2D eigenvalue weighted by molar-refractivity contribution is 7.09. The third kappa shape index (κ3) is 3.81. The van der Waals surface area contributed by atoms with Crippen molar-refractivity contribution < 1.29 is 0 Å². The molecule has 0 spiro atoms. The van der Waals surface area contributed by atoms with Gasteiger partial charge in [-0.2, -0.15) is 0 Å². The summed E-state index contributed by atoms with van der Waals surface area (Å²) in [7, 11) is 2.06. The molecule has 0 bridgehead atoms. The van der Waals surface area contributed by atoms with Crippen molar-refractivity contribution in [3.8, 4) is 0 Å². The number of nitrogens with one attached hydrogen (secondary N) is 1. The van der Waals surface area contributed by atoms with E-state index in [9.17, 15) is 0 Å². The van der Waals surface area contributed by atoms with Gasteiger partial charge in [0.25, 0.3) is 0 Å². The van der Waals surface area contributed by atoms with Gasteiger partial charge in [-0.1, -0.05) is 19.9 Å². The van der Waals surface area contributed by atoms with E-state index >= 15 is 0 Å². The molecule has 3 heteroatoms. The van der Waals surface area contributed by atoms with Crippen LogP contribution in [-0.4, -0.2) is 31.1 Å². The quantitative estimate of drug-likeness (QED) is 0.776. The van der Waals surface area contributed by atoms with Gasteiger partial charge in [-0.3, -0.25) is 4.90 Å². The van der Waals surface area contributed by atoms with E-state index in [1.54, 1.807) is 0 Å². The zero-order chi connectivity index (χ0) is 13.0. The topological polar surface area (TPSA) is 15.3 Å². The Morgan fingerprint density at radius 1 is 1.50 bits per heavy atom. The zero-order valence-corrected chi connectivity index (χ0v) is 12.7. The van der Waals surface area contributed by atoms with Crippen LogP contribution in [0.15, 0.2) is 17.5 Å². The maximum atomic E-state index is 3.36. The summed E-state index contributed by atoms with van der Waals surface area (Å²) in [5.74, 6) is 0. The summed E-state index contributed by atoms with van der Waals surface area (Å²) in [6.45, 7) is 8.19. The van der Waals surface area contributed by atoms with E-state index in [2.05, 4.69) is 48.6 Å². The molecule has 1 aromatic heterocycles. The van der Waals surface area contributed by atoms with Crippen LogP contribution in [0.3, 0.4) is 0 Å². The molecular weight excluding hydrogens is 240 g/mol. The minimum absolute atomic E-state index is 0.397. The van der Waals surface area contributed by atoms with Gasteiger partial charge in [0, 0.05) is 30.6 Å². The molecule has 2 rings (SSSR count). The van der Waals surface area contributed by atoms with Crippen LogP contribution in [-0.2, 0) is 6.54 Å².